The van der Waals surface area contributed by atoms with Crippen LogP contribution in [-0.2, 0) is 19.6 Å². The first-order valence-corrected chi connectivity index (χ1v) is 14.5. The summed E-state index contributed by atoms with van der Waals surface area (Å²) in [5.74, 6) is -1.18. The van der Waals surface area contributed by atoms with Gasteiger partial charge < -0.3 is 10.2 Å². The van der Waals surface area contributed by atoms with Gasteiger partial charge in [0.15, 0.2) is 0 Å². The van der Waals surface area contributed by atoms with Gasteiger partial charge >= 0.3 is 0 Å². The number of nitrogens with zero attached hydrogens (tertiary/aromatic N) is 2. The first kappa shape index (κ1) is 28.8. The van der Waals surface area contributed by atoms with Gasteiger partial charge in [-0.15, -0.1) is 0 Å². The topological polar surface area (TPSA) is 108 Å². The molecule has 204 valence electrons. The average Bonchev–Trinajstić information content (AvgIpc) is 3.00. The minimum Gasteiger partial charge on any atom is -0.325 e. The van der Waals surface area contributed by atoms with E-state index >= 15 is 0 Å². The normalized spacial score (nSPS) is 16.4. The third-order valence-electron chi connectivity index (χ3n) is 6.19. The standard InChI is InChI=1S/C28H28Cl2N4O4S/c1-17(2)15-23(33-39(37,38)19-13-14-21(29)22(30)16-19)27(35)32-26-28(36)34(3)24-12-8-7-11-20(24)25(31-26)18-9-5-4-6-10-18/h4-14,16-17,23,26,33H,15H2,1-3H3,(H,32,35). The number of benzodiazepines with no additional fused rings is 1. The number of likely N-dealkylation sites (N-methyl/N-ethyl adjacent to an activating group) is 1. The summed E-state index contributed by atoms with van der Waals surface area (Å²) in [7, 11) is -2.53. The Labute approximate surface area is 238 Å². The number of amides is 2. The average molecular weight is 588 g/mol. The van der Waals surface area contributed by atoms with E-state index in [1.54, 1.807) is 7.05 Å². The number of hydrogen-bond acceptors (Lipinski definition) is 5. The Morgan fingerprint density at radius 2 is 1.67 bits per heavy atom. The van der Waals surface area contributed by atoms with Crippen LogP contribution in [0.1, 0.15) is 31.4 Å². The van der Waals surface area contributed by atoms with E-state index in [-0.39, 0.29) is 27.3 Å². The molecule has 2 atom stereocenters. The van der Waals surface area contributed by atoms with Crippen LogP contribution >= 0.6 is 23.2 Å². The van der Waals surface area contributed by atoms with Crippen LogP contribution in [0.3, 0.4) is 0 Å². The molecule has 39 heavy (non-hydrogen) atoms. The monoisotopic (exact) mass is 586 g/mol. The van der Waals surface area contributed by atoms with Crippen LogP contribution in [0, 0.1) is 5.92 Å². The van der Waals surface area contributed by atoms with E-state index in [1.165, 1.54) is 23.1 Å². The fraction of sp³-hybridized carbons (Fsp3) is 0.250. The summed E-state index contributed by atoms with van der Waals surface area (Å²) < 4.78 is 28.8. The lowest BCUT2D eigenvalue weighted by atomic mass is 10.0. The maximum Gasteiger partial charge on any atom is 0.272 e. The lowest BCUT2D eigenvalue weighted by Crippen LogP contribution is -2.53. The predicted octanol–water partition coefficient (Wildman–Crippen LogP) is 4.64. The molecule has 0 fully saturated rings. The van der Waals surface area contributed by atoms with Gasteiger partial charge in [0.2, 0.25) is 22.1 Å². The van der Waals surface area contributed by atoms with E-state index in [9.17, 15) is 18.0 Å². The van der Waals surface area contributed by atoms with E-state index in [1.807, 2.05) is 68.4 Å². The highest BCUT2D eigenvalue weighted by atomic mass is 35.5. The van der Waals surface area contributed by atoms with E-state index in [4.69, 9.17) is 23.2 Å². The van der Waals surface area contributed by atoms with Crippen LogP contribution in [0.15, 0.2) is 82.7 Å². The Balaban J connectivity index is 1.68. The largest absolute Gasteiger partial charge is 0.325 e. The summed E-state index contributed by atoms with van der Waals surface area (Å²) in [4.78, 5) is 33.0. The fourth-order valence-corrected chi connectivity index (χ4v) is 5.85. The Hall–Kier alpha value is -3.24. The number of carbonyl (C=O) groups excluding carboxylic acids is 2. The summed E-state index contributed by atoms with van der Waals surface area (Å²) in [5.41, 5.74) is 2.67. The first-order chi connectivity index (χ1) is 18.5. The second-order valence-corrected chi connectivity index (χ2v) is 12.1. The minimum atomic E-state index is -4.14. The van der Waals surface area contributed by atoms with Crippen molar-refractivity contribution in [1.29, 1.82) is 0 Å². The van der Waals surface area contributed by atoms with Crippen LogP contribution in [0.2, 0.25) is 10.0 Å². The fourth-order valence-electron chi connectivity index (χ4n) is 4.26. The third kappa shape index (κ3) is 6.50. The zero-order valence-electron chi connectivity index (χ0n) is 21.6. The molecule has 1 heterocycles. The van der Waals surface area contributed by atoms with E-state index in [0.29, 0.717) is 11.4 Å². The van der Waals surface area contributed by atoms with E-state index in [0.717, 1.165) is 11.1 Å². The molecule has 0 aliphatic carbocycles. The second-order valence-electron chi connectivity index (χ2n) is 9.55. The zero-order valence-corrected chi connectivity index (χ0v) is 23.9. The number of benzene rings is 3. The van der Waals surface area contributed by atoms with Crippen LogP contribution in [-0.4, -0.2) is 45.2 Å². The van der Waals surface area contributed by atoms with Gasteiger partial charge in [0.05, 0.1) is 26.3 Å². The van der Waals surface area contributed by atoms with Crippen molar-refractivity contribution in [2.24, 2.45) is 10.9 Å². The summed E-state index contributed by atoms with van der Waals surface area (Å²) in [6.07, 6.45) is -1.10. The van der Waals surface area contributed by atoms with Crippen molar-refractivity contribution in [3.8, 4) is 0 Å². The van der Waals surface area contributed by atoms with Crippen molar-refractivity contribution in [3.05, 3.63) is 94.0 Å². The molecule has 0 bridgehead atoms. The maximum atomic E-state index is 13.5. The number of rotatable bonds is 8. The van der Waals surface area contributed by atoms with Crippen LogP contribution in [0.25, 0.3) is 0 Å². The van der Waals surface area contributed by atoms with Gasteiger partial charge in [-0.1, -0.05) is 85.6 Å². The SMILES string of the molecule is CC(C)CC(NS(=O)(=O)c1ccc(Cl)c(Cl)c1)C(=O)NC1N=C(c2ccccc2)c2ccccc2N(C)C1=O. The Morgan fingerprint density at radius 3 is 2.33 bits per heavy atom. The molecule has 8 nitrogen and oxygen atoms in total. The lowest BCUT2D eigenvalue weighted by Gasteiger charge is -2.24. The molecule has 2 N–H and O–H groups in total. The number of anilines is 1. The molecule has 1 aliphatic heterocycles. The predicted molar refractivity (Wildman–Crippen MR) is 154 cm³/mol. The number of para-hydroxylation sites is 1. The van der Waals surface area contributed by atoms with Gasteiger partial charge in [-0.05, 0) is 36.6 Å². The summed E-state index contributed by atoms with van der Waals surface area (Å²) in [5, 5.41) is 2.96. The molecule has 0 spiro atoms. The van der Waals surface area contributed by atoms with Gasteiger partial charge in [-0.3, -0.25) is 9.59 Å². The molecular formula is C28H28Cl2N4O4S. The van der Waals surface area contributed by atoms with Crippen molar-refractivity contribution in [1.82, 2.24) is 10.0 Å². The molecule has 0 saturated heterocycles. The maximum absolute atomic E-state index is 13.5. The zero-order chi connectivity index (χ0) is 28.3. The molecule has 2 amide bonds. The van der Waals surface area contributed by atoms with Crippen molar-refractivity contribution < 1.29 is 18.0 Å². The molecule has 4 rings (SSSR count). The molecule has 3 aromatic carbocycles. The van der Waals surface area contributed by atoms with Gasteiger partial charge in [-0.2, -0.15) is 4.72 Å². The van der Waals surface area contributed by atoms with Crippen LogP contribution < -0.4 is 14.9 Å². The van der Waals surface area contributed by atoms with Gasteiger partial charge in [0.1, 0.15) is 6.04 Å². The number of nitrogens with one attached hydrogen (secondary N) is 2. The smallest absolute Gasteiger partial charge is 0.272 e. The van der Waals surface area contributed by atoms with Gasteiger partial charge in [0.25, 0.3) is 5.91 Å². The molecule has 3 aromatic rings. The molecule has 11 heteroatoms. The quantitative estimate of drug-likeness (QED) is 0.400. The van der Waals surface area contributed by atoms with Crippen molar-refractivity contribution >= 4 is 56.4 Å². The van der Waals surface area contributed by atoms with Crippen molar-refractivity contribution in [2.75, 3.05) is 11.9 Å². The van der Waals surface area contributed by atoms with Gasteiger partial charge in [-0.25, -0.2) is 13.4 Å². The van der Waals surface area contributed by atoms with Crippen molar-refractivity contribution in [2.45, 2.75) is 37.4 Å². The van der Waals surface area contributed by atoms with Gasteiger partial charge in [0, 0.05) is 18.2 Å². The number of carbonyl (C=O) groups is 2. The molecule has 1 aliphatic rings. The molecule has 0 radical (unpaired) electrons. The number of halogens is 2. The summed E-state index contributed by atoms with van der Waals surface area (Å²) in [6, 6.07) is 19.4. The Morgan fingerprint density at radius 1 is 1.00 bits per heavy atom. The number of fused-ring (bicyclic) bond motifs is 1. The lowest BCUT2D eigenvalue weighted by molar-refractivity contribution is -0.128. The van der Waals surface area contributed by atoms with Crippen LogP contribution in [0.5, 0.6) is 0 Å². The number of sulfonamides is 1. The number of aliphatic imine (C=N–C) groups is 1. The summed E-state index contributed by atoms with van der Waals surface area (Å²) in [6.45, 7) is 3.72. The van der Waals surface area contributed by atoms with Crippen molar-refractivity contribution in [3.63, 3.8) is 0 Å². The number of hydrogen-bond donors (Lipinski definition) is 2. The minimum absolute atomic E-state index is 0.0441. The highest BCUT2D eigenvalue weighted by Gasteiger charge is 2.34. The molecule has 0 saturated carbocycles. The third-order valence-corrected chi connectivity index (χ3v) is 8.40. The first-order valence-electron chi connectivity index (χ1n) is 12.3. The van der Waals surface area contributed by atoms with E-state index in [2.05, 4.69) is 15.0 Å². The second kappa shape index (κ2) is 11.9. The Kier molecular flexibility index (Phi) is 8.76. The van der Waals surface area contributed by atoms with E-state index < -0.39 is 34.0 Å². The molecule has 2 unspecified atom stereocenters. The Bertz CT molecular complexity index is 1530. The van der Waals surface area contributed by atoms with Crippen LogP contribution in [0.4, 0.5) is 5.69 Å². The highest BCUT2D eigenvalue weighted by Crippen LogP contribution is 2.28. The molecule has 0 aromatic heterocycles. The highest BCUT2D eigenvalue weighted by molar-refractivity contribution is 7.89. The molecular weight excluding hydrogens is 559 g/mol. The summed E-state index contributed by atoms with van der Waals surface area (Å²) >= 11 is 12.0.